The van der Waals surface area contributed by atoms with Crippen LogP contribution >= 0.6 is 0 Å². The molecule has 2 aromatic heterocycles. The van der Waals surface area contributed by atoms with Crippen LogP contribution in [0.1, 0.15) is 11.4 Å². The Morgan fingerprint density at radius 1 is 1.06 bits per heavy atom. The number of alkyl halides is 2. The first-order valence-electron chi connectivity index (χ1n) is 11.1. The fourth-order valence-corrected chi connectivity index (χ4v) is 4.33. The fourth-order valence-electron chi connectivity index (χ4n) is 4.33. The summed E-state index contributed by atoms with van der Waals surface area (Å²) < 4.78 is 46.3. The fraction of sp³-hybridized carbons (Fsp3) is 0.280. The van der Waals surface area contributed by atoms with Crippen molar-refractivity contribution in [2.45, 2.75) is 20.1 Å². The molecule has 6 nitrogen and oxygen atoms in total. The van der Waals surface area contributed by atoms with Crippen LogP contribution in [0.4, 0.5) is 19.0 Å². The van der Waals surface area contributed by atoms with Gasteiger partial charge in [-0.15, -0.1) is 0 Å². The van der Waals surface area contributed by atoms with Gasteiger partial charge in [0.15, 0.2) is 11.6 Å². The highest BCUT2D eigenvalue weighted by atomic mass is 19.3. The maximum atomic E-state index is 14.2. The summed E-state index contributed by atoms with van der Waals surface area (Å²) in [5.41, 5.74) is 3.80. The number of para-hydroxylation sites is 1. The number of imidazole rings is 1. The average Bonchev–Trinajstić information content (AvgIpc) is 3.16. The number of fused-ring (bicyclic) bond motifs is 1. The molecule has 0 spiro atoms. The number of hydrogen-bond acceptors (Lipinski definition) is 5. The van der Waals surface area contributed by atoms with Crippen molar-refractivity contribution in [3.63, 3.8) is 0 Å². The first-order chi connectivity index (χ1) is 16.5. The number of nitrogens with one attached hydrogen (secondary N) is 1. The zero-order valence-corrected chi connectivity index (χ0v) is 18.6. The van der Waals surface area contributed by atoms with E-state index in [-0.39, 0.29) is 6.54 Å². The molecule has 5 rings (SSSR count). The lowest BCUT2D eigenvalue weighted by atomic mass is 10.1. The molecule has 1 fully saturated rings. The Morgan fingerprint density at radius 3 is 2.59 bits per heavy atom. The average molecular weight is 467 g/mol. The Balaban J connectivity index is 1.47. The highest BCUT2D eigenvalue weighted by molar-refractivity contribution is 5.83. The molecule has 0 unspecified atom stereocenters. The van der Waals surface area contributed by atoms with Gasteiger partial charge in [0, 0.05) is 43.5 Å². The van der Waals surface area contributed by atoms with E-state index in [1.54, 1.807) is 6.07 Å². The molecule has 34 heavy (non-hydrogen) atoms. The Hall–Kier alpha value is -3.59. The molecule has 176 valence electrons. The second kappa shape index (κ2) is 9.34. The summed E-state index contributed by atoms with van der Waals surface area (Å²) in [4.78, 5) is 11.5. The second-order valence-corrected chi connectivity index (χ2v) is 8.20. The third-order valence-corrected chi connectivity index (χ3v) is 6.05. The maximum absolute atomic E-state index is 14.2. The van der Waals surface area contributed by atoms with Crippen molar-refractivity contribution in [2.24, 2.45) is 0 Å². The number of nitrogens with zero attached hydrogens (tertiary/aromatic N) is 4. The van der Waals surface area contributed by atoms with Crippen LogP contribution in [0, 0.1) is 12.7 Å². The minimum Gasteiger partial charge on any atom is -0.431 e. The van der Waals surface area contributed by atoms with Crippen molar-refractivity contribution in [3.8, 4) is 16.9 Å². The minimum atomic E-state index is -3.11. The smallest absolute Gasteiger partial charge is 0.387 e. The summed E-state index contributed by atoms with van der Waals surface area (Å²) in [5.74, 6) is 0.371. The van der Waals surface area contributed by atoms with Crippen LogP contribution in [-0.2, 0) is 6.54 Å². The number of ether oxygens (including phenoxy) is 1. The van der Waals surface area contributed by atoms with Gasteiger partial charge in [-0.2, -0.15) is 8.78 Å². The summed E-state index contributed by atoms with van der Waals surface area (Å²) in [6.45, 7) is 2.60. The standard InChI is InChI=1S/C25H24F3N5O/c1-16-31-21-7-5-17(18-6-8-23(30-14-18)32-11-9-29-10-12-32)13-22(21)33(16)15-19-3-2-4-20(26)24(19)34-25(27)28/h2-8,13-14,25,29H,9-12,15H2,1H3. The highest BCUT2D eigenvalue weighted by Crippen LogP contribution is 2.30. The van der Waals surface area contributed by atoms with Gasteiger partial charge < -0.3 is 19.5 Å². The third-order valence-electron chi connectivity index (χ3n) is 6.05. The molecule has 1 aliphatic rings. The van der Waals surface area contributed by atoms with Gasteiger partial charge in [0.25, 0.3) is 0 Å². The van der Waals surface area contributed by atoms with E-state index in [9.17, 15) is 13.2 Å². The Bertz CT molecular complexity index is 1300. The van der Waals surface area contributed by atoms with Gasteiger partial charge >= 0.3 is 6.61 Å². The lowest BCUT2D eigenvalue weighted by Crippen LogP contribution is -2.43. The number of pyridine rings is 1. The van der Waals surface area contributed by atoms with Crippen LogP contribution in [0.25, 0.3) is 22.2 Å². The number of hydrogen-bond donors (Lipinski definition) is 1. The Labute approximate surface area is 195 Å². The molecule has 4 aromatic rings. The predicted octanol–water partition coefficient (Wildman–Crippen LogP) is 4.61. The second-order valence-electron chi connectivity index (χ2n) is 8.20. The van der Waals surface area contributed by atoms with Crippen LogP contribution < -0.4 is 15.0 Å². The molecule has 1 N–H and O–H groups in total. The first kappa shape index (κ1) is 22.2. The van der Waals surface area contributed by atoms with E-state index in [4.69, 9.17) is 0 Å². The van der Waals surface area contributed by atoms with Crippen molar-refractivity contribution in [1.29, 1.82) is 0 Å². The van der Waals surface area contributed by atoms with Crippen molar-refractivity contribution in [3.05, 3.63) is 71.9 Å². The largest absolute Gasteiger partial charge is 0.431 e. The monoisotopic (exact) mass is 467 g/mol. The Kier molecular flexibility index (Phi) is 6.10. The van der Waals surface area contributed by atoms with E-state index in [1.165, 1.54) is 6.07 Å². The molecule has 0 aliphatic carbocycles. The topological polar surface area (TPSA) is 55.2 Å². The van der Waals surface area contributed by atoms with Gasteiger partial charge in [-0.25, -0.2) is 14.4 Å². The van der Waals surface area contributed by atoms with Crippen molar-refractivity contribution in [2.75, 3.05) is 31.1 Å². The molecule has 0 amide bonds. The minimum absolute atomic E-state index is 0.145. The highest BCUT2D eigenvalue weighted by Gasteiger charge is 2.18. The summed E-state index contributed by atoms with van der Waals surface area (Å²) in [7, 11) is 0. The summed E-state index contributed by atoms with van der Waals surface area (Å²) >= 11 is 0. The molecule has 0 atom stereocenters. The number of piperazine rings is 1. The molecular formula is C25H24F3N5O. The number of aryl methyl sites for hydroxylation is 1. The van der Waals surface area contributed by atoms with Crippen LogP contribution in [0.15, 0.2) is 54.7 Å². The van der Waals surface area contributed by atoms with E-state index >= 15 is 0 Å². The molecular weight excluding hydrogens is 443 g/mol. The van der Waals surface area contributed by atoms with Gasteiger partial charge in [-0.1, -0.05) is 18.2 Å². The maximum Gasteiger partial charge on any atom is 0.387 e. The van der Waals surface area contributed by atoms with E-state index in [1.807, 2.05) is 48.0 Å². The zero-order chi connectivity index (χ0) is 23.7. The SMILES string of the molecule is Cc1nc2ccc(-c3ccc(N4CCNCC4)nc3)cc2n1Cc1cccc(F)c1OC(F)F. The van der Waals surface area contributed by atoms with Gasteiger partial charge in [0.2, 0.25) is 0 Å². The molecule has 2 aromatic carbocycles. The molecule has 0 saturated carbocycles. The summed E-state index contributed by atoms with van der Waals surface area (Å²) in [6.07, 6.45) is 1.85. The number of anilines is 1. The van der Waals surface area contributed by atoms with E-state index in [2.05, 4.69) is 24.9 Å². The normalized spacial score (nSPS) is 14.2. The van der Waals surface area contributed by atoms with E-state index in [0.717, 1.165) is 60.2 Å². The number of aromatic nitrogens is 3. The molecule has 0 radical (unpaired) electrons. The van der Waals surface area contributed by atoms with Crippen molar-refractivity contribution >= 4 is 16.9 Å². The number of benzene rings is 2. The molecule has 1 saturated heterocycles. The third kappa shape index (κ3) is 4.43. The molecule has 9 heteroatoms. The van der Waals surface area contributed by atoms with Gasteiger partial charge in [-0.05, 0) is 42.8 Å². The quantitative estimate of drug-likeness (QED) is 0.449. The van der Waals surface area contributed by atoms with Crippen LogP contribution in [0.3, 0.4) is 0 Å². The van der Waals surface area contributed by atoms with Crippen LogP contribution in [0.2, 0.25) is 0 Å². The van der Waals surface area contributed by atoms with Crippen LogP contribution in [-0.4, -0.2) is 47.3 Å². The van der Waals surface area contributed by atoms with Crippen LogP contribution in [0.5, 0.6) is 5.75 Å². The zero-order valence-electron chi connectivity index (χ0n) is 18.6. The van der Waals surface area contributed by atoms with E-state index < -0.39 is 18.2 Å². The molecule has 1 aliphatic heterocycles. The number of rotatable bonds is 6. The van der Waals surface area contributed by atoms with Crippen molar-refractivity contribution in [1.82, 2.24) is 19.9 Å². The van der Waals surface area contributed by atoms with E-state index in [0.29, 0.717) is 11.4 Å². The lowest BCUT2D eigenvalue weighted by molar-refractivity contribution is -0.0528. The summed E-state index contributed by atoms with van der Waals surface area (Å²) in [5, 5.41) is 3.34. The van der Waals surface area contributed by atoms with Gasteiger partial charge in [0.1, 0.15) is 11.6 Å². The van der Waals surface area contributed by atoms with Gasteiger partial charge in [-0.3, -0.25) is 0 Å². The summed E-state index contributed by atoms with van der Waals surface area (Å²) in [6, 6.07) is 14.1. The predicted molar refractivity (Wildman–Crippen MR) is 125 cm³/mol. The molecule has 3 heterocycles. The lowest BCUT2D eigenvalue weighted by Gasteiger charge is -2.28. The number of halogens is 3. The molecule has 0 bridgehead atoms. The van der Waals surface area contributed by atoms with Crippen molar-refractivity contribution < 1.29 is 17.9 Å². The first-order valence-corrected chi connectivity index (χ1v) is 11.1. The Morgan fingerprint density at radius 2 is 1.85 bits per heavy atom. The van der Waals surface area contributed by atoms with Gasteiger partial charge in [0.05, 0.1) is 17.6 Å².